The molecule has 0 unspecified atom stereocenters. The number of nitrogens with one attached hydrogen (secondary N) is 1. The fourth-order valence-electron chi connectivity index (χ4n) is 3.80. The number of hydrogen-bond donors (Lipinski definition) is 1. The highest BCUT2D eigenvalue weighted by molar-refractivity contribution is 5.90. The van der Waals surface area contributed by atoms with E-state index in [-0.39, 0.29) is 18.2 Å². The molecule has 0 atom stereocenters. The van der Waals surface area contributed by atoms with Crippen molar-refractivity contribution >= 4 is 11.9 Å². The van der Waals surface area contributed by atoms with Crippen LogP contribution >= 0.6 is 0 Å². The molecule has 1 amide bonds. The number of carbonyl (C=O) groups is 2. The summed E-state index contributed by atoms with van der Waals surface area (Å²) in [5, 5.41) is 7.06. The minimum Gasteiger partial charge on any atom is -0.461 e. The number of hydrogen-bond acceptors (Lipinski definition) is 4. The molecular weight excluding hydrogens is 366 g/mol. The minimum absolute atomic E-state index is 0.0176. The molecule has 0 radical (unpaired) electrons. The standard InChI is InChI=1S/C23H23N3O3/c1-2-29-23(28)21-18-15-26(14-13-19(18)24-25-21)22(27)20(16-9-5-3-6-10-16)17-11-7-4-8-12-17/h3-12,20H,2,13-15H2,1H3,(H,24,25). The second-order valence-electron chi connectivity index (χ2n) is 7.01. The molecular formula is C23H23N3O3. The summed E-state index contributed by atoms with van der Waals surface area (Å²) in [6, 6.07) is 19.6. The Labute approximate surface area is 169 Å². The number of fused-ring (bicyclic) bond motifs is 1. The Morgan fingerprint density at radius 1 is 1.07 bits per heavy atom. The third-order valence-corrected chi connectivity index (χ3v) is 5.23. The number of aromatic amines is 1. The maximum absolute atomic E-state index is 13.6. The predicted molar refractivity (Wildman–Crippen MR) is 108 cm³/mol. The van der Waals surface area contributed by atoms with Gasteiger partial charge in [-0.1, -0.05) is 60.7 Å². The molecule has 0 spiro atoms. The molecule has 0 saturated heterocycles. The zero-order valence-electron chi connectivity index (χ0n) is 16.3. The maximum atomic E-state index is 13.6. The number of benzene rings is 2. The monoisotopic (exact) mass is 389 g/mol. The van der Waals surface area contributed by atoms with Crippen molar-refractivity contribution in [2.24, 2.45) is 0 Å². The molecule has 1 aliphatic rings. The fourth-order valence-corrected chi connectivity index (χ4v) is 3.80. The quantitative estimate of drug-likeness (QED) is 0.680. The highest BCUT2D eigenvalue weighted by atomic mass is 16.5. The van der Waals surface area contributed by atoms with E-state index in [9.17, 15) is 9.59 Å². The second kappa shape index (κ2) is 8.31. The van der Waals surface area contributed by atoms with Gasteiger partial charge in [-0.15, -0.1) is 0 Å². The van der Waals surface area contributed by atoms with E-state index < -0.39 is 11.9 Å². The van der Waals surface area contributed by atoms with E-state index in [0.717, 1.165) is 22.4 Å². The second-order valence-corrected chi connectivity index (χ2v) is 7.01. The van der Waals surface area contributed by atoms with Crippen LogP contribution in [0.25, 0.3) is 0 Å². The first-order valence-electron chi connectivity index (χ1n) is 9.81. The van der Waals surface area contributed by atoms with Crippen LogP contribution in [0.4, 0.5) is 0 Å². The number of aromatic nitrogens is 2. The van der Waals surface area contributed by atoms with Crippen LogP contribution in [0.3, 0.4) is 0 Å². The minimum atomic E-state index is -0.457. The molecule has 0 aliphatic carbocycles. The first kappa shape index (κ1) is 18.9. The summed E-state index contributed by atoms with van der Waals surface area (Å²) < 4.78 is 5.11. The van der Waals surface area contributed by atoms with Gasteiger partial charge in [0, 0.05) is 30.8 Å². The average Bonchev–Trinajstić information content (AvgIpc) is 3.19. The lowest BCUT2D eigenvalue weighted by Crippen LogP contribution is -2.39. The van der Waals surface area contributed by atoms with Crippen molar-refractivity contribution in [1.82, 2.24) is 15.1 Å². The summed E-state index contributed by atoms with van der Waals surface area (Å²) in [5.74, 6) is -0.831. The summed E-state index contributed by atoms with van der Waals surface area (Å²) in [7, 11) is 0. The molecule has 2 aromatic carbocycles. The van der Waals surface area contributed by atoms with E-state index in [2.05, 4.69) is 10.2 Å². The third kappa shape index (κ3) is 3.78. The zero-order chi connectivity index (χ0) is 20.2. The molecule has 29 heavy (non-hydrogen) atoms. The van der Waals surface area contributed by atoms with E-state index in [1.807, 2.05) is 65.6 Å². The molecule has 4 rings (SSSR count). The number of carbonyl (C=O) groups excluding carboxylic acids is 2. The molecule has 148 valence electrons. The van der Waals surface area contributed by atoms with E-state index in [1.54, 1.807) is 6.92 Å². The Bertz CT molecular complexity index is 959. The average molecular weight is 389 g/mol. The molecule has 0 saturated carbocycles. The Balaban J connectivity index is 1.65. The van der Waals surface area contributed by atoms with Gasteiger partial charge in [-0.05, 0) is 18.1 Å². The van der Waals surface area contributed by atoms with Gasteiger partial charge >= 0.3 is 5.97 Å². The van der Waals surface area contributed by atoms with Crippen LogP contribution in [0.15, 0.2) is 60.7 Å². The Kier molecular flexibility index (Phi) is 5.42. The van der Waals surface area contributed by atoms with Crippen LogP contribution < -0.4 is 0 Å². The highest BCUT2D eigenvalue weighted by Crippen LogP contribution is 2.30. The summed E-state index contributed by atoms with van der Waals surface area (Å²) in [5.41, 5.74) is 3.82. The van der Waals surface area contributed by atoms with Crippen LogP contribution in [0.5, 0.6) is 0 Å². The van der Waals surface area contributed by atoms with Crippen molar-refractivity contribution in [3.63, 3.8) is 0 Å². The van der Waals surface area contributed by atoms with Gasteiger partial charge in [0.15, 0.2) is 5.69 Å². The highest BCUT2D eigenvalue weighted by Gasteiger charge is 2.32. The lowest BCUT2D eigenvalue weighted by Gasteiger charge is -2.31. The number of ether oxygens (including phenoxy) is 1. The van der Waals surface area contributed by atoms with Gasteiger partial charge in [-0.25, -0.2) is 4.79 Å². The molecule has 1 aromatic heterocycles. The van der Waals surface area contributed by atoms with Crippen LogP contribution in [-0.4, -0.2) is 40.1 Å². The van der Waals surface area contributed by atoms with Crippen molar-refractivity contribution < 1.29 is 14.3 Å². The Hall–Kier alpha value is -3.41. The fraction of sp³-hybridized carbons (Fsp3) is 0.261. The maximum Gasteiger partial charge on any atom is 0.359 e. The first-order chi connectivity index (χ1) is 14.2. The summed E-state index contributed by atoms with van der Waals surface area (Å²) in [4.78, 5) is 27.7. The van der Waals surface area contributed by atoms with Gasteiger partial charge in [0.2, 0.25) is 5.91 Å². The van der Waals surface area contributed by atoms with E-state index in [4.69, 9.17) is 4.74 Å². The zero-order valence-corrected chi connectivity index (χ0v) is 16.3. The Morgan fingerprint density at radius 2 is 1.69 bits per heavy atom. The molecule has 2 heterocycles. The third-order valence-electron chi connectivity index (χ3n) is 5.23. The van der Waals surface area contributed by atoms with Gasteiger partial charge in [0.1, 0.15) is 0 Å². The van der Waals surface area contributed by atoms with E-state index >= 15 is 0 Å². The largest absolute Gasteiger partial charge is 0.461 e. The lowest BCUT2D eigenvalue weighted by atomic mass is 9.89. The van der Waals surface area contributed by atoms with Crippen molar-refractivity contribution in [3.8, 4) is 0 Å². The predicted octanol–water partition coefficient (Wildman–Crippen LogP) is 3.30. The number of esters is 1. The normalized spacial score (nSPS) is 13.2. The number of amides is 1. The van der Waals surface area contributed by atoms with Crippen molar-refractivity contribution in [3.05, 3.63) is 88.7 Å². The smallest absolute Gasteiger partial charge is 0.359 e. The lowest BCUT2D eigenvalue weighted by molar-refractivity contribution is -0.132. The molecule has 1 aliphatic heterocycles. The van der Waals surface area contributed by atoms with Crippen LogP contribution in [0.2, 0.25) is 0 Å². The van der Waals surface area contributed by atoms with Gasteiger partial charge < -0.3 is 9.64 Å². The van der Waals surface area contributed by atoms with Gasteiger partial charge in [-0.3, -0.25) is 9.89 Å². The van der Waals surface area contributed by atoms with Crippen molar-refractivity contribution in [2.45, 2.75) is 25.8 Å². The summed E-state index contributed by atoms with van der Waals surface area (Å²) >= 11 is 0. The SMILES string of the molecule is CCOC(=O)c1n[nH]c2c1CN(C(=O)C(c1ccccc1)c1ccccc1)CC2. The van der Waals surface area contributed by atoms with Crippen molar-refractivity contribution in [1.29, 1.82) is 0 Å². The molecule has 6 heteroatoms. The Morgan fingerprint density at radius 3 is 2.28 bits per heavy atom. The molecule has 0 fully saturated rings. The van der Waals surface area contributed by atoms with E-state index in [1.165, 1.54) is 0 Å². The molecule has 0 bridgehead atoms. The summed E-state index contributed by atoms with van der Waals surface area (Å²) in [6.45, 7) is 2.96. The van der Waals surface area contributed by atoms with Crippen molar-refractivity contribution in [2.75, 3.05) is 13.2 Å². The topological polar surface area (TPSA) is 75.3 Å². The molecule has 1 N–H and O–H groups in total. The number of rotatable bonds is 5. The van der Waals surface area contributed by atoms with Gasteiger partial charge in [0.25, 0.3) is 0 Å². The summed E-state index contributed by atoms with van der Waals surface area (Å²) in [6.07, 6.45) is 0.629. The number of H-pyrrole nitrogens is 1. The van der Waals surface area contributed by atoms with Crippen LogP contribution in [0, 0.1) is 0 Å². The van der Waals surface area contributed by atoms with Gasteiger partial charge in [-0.2, -0.15) is 5.10 Å². The van der Waals surface area contributed by atoms with Crippen LogP contribution in [0.1, 0.15) is 45.7 Å². The van der Waals surface area contributed by atoms with Gasteiger partial charge in [0.05, 0.1) is 12.5 Å². The van der Waals surface area contributed by atoms with Crippen LogP contribution in [-0.2, 0) is 22.5 Å². The molecule has 6 nitrogen and oxygen atoms in total. The molecule has 3 aromatic rings. The number of nitrogens with zero attached hydrogens (tertiary/aromatic N) is 2. The van der Waals surface area contributed by atoms with E-state index in [0.29, 0.717) is 19.5 Å². The first-order valence-corrected chi connectivity index (χ1v) is 9.81.